The van der Waals surface area contributed by atoms with Crippen LogP contribution in [0.4, 0.5) is 0 Å². The highest BCUT2D eigenvalue weighted by Gasteiger charge is 2.28. The van der Waals surface area contributed by atoms with Gasteiger partial charge in [-0.25, -0.2) is 0 Å². The van der Waals surface area contributed by atoms with Crippen molar-refractivity contribution in [1.82, 2.24) is 5.32 Å². The summed E-state index contributed by atoms with van der Waals surface area (Å²) in [4.78, 5) is 0. The van der Waals surface area contributed by atoms with Crippen LogP contribution >= 0.6 is 11.6 Å². The van der Waals surface area contributed by atoms with Gasteiger partial charge < -0.3 is 5.32 Å². The summed E-state index contributed by atoms with van der Waals surface area (Å²) in [6.07, 6.45) is 5.19. The van der Waals surface area contributed by atoms with Crippen molar-refractivity contribution >= 4 is 11.6 Å². The van der Waals surface area contributed by atoms with Crippen molar-refractivity contribution in [2.45, 2.75) is 58.5 Å². The van der Waals surface area contributed by atoms with Crippen molar-refractivity contribution in [2.75, 3.05) is 0 Å². The molecule has 1 aliphatic carbocycles. The molecule has 4 unspecified atom stereocenters. The van der Waals surface area contributed by atoms with Crippen LogP contribution in [0.3, 0.4) is 0 Å². The van der Waals surface area contributed by atoms with Crippen LogP contribution < -0.4 is 5.32 Å². The normalized spacial score (nSPS) is 29.2. The molecule has 0 amide bonds. The smallest absolute Gasteiger partial charge is 0.0406 e. The summed E-state index contributed by atoms with van der Waals surface area (Å²) in [5.74, 6) is 1.61. The van der Waals surface area contributed by atoms with E-state index in [4.69, 9.17) is 11.6 Å². The average Bonchev–Trinajstić information content (AvgIpc) is 2.42. The first-order chi connectivity index (χ1) is 9.11. The number of hydrogen-bond acceptors (Lipinski definition) is 1. The lowest BCUT2D eigenvalue weighted by molar-refractivity contribution is 0.192. The zero-order valence-corrected chi connectivity index (χ0v) is 13.1. The van der Waals surface area contributed by atoms with Crippen molar-refractivity contribution in [2.24, 2.45) is 11.8 Å². The van der Waals surface area contributed by atoms with Crippen molar-refractivity contribution in [1.29, 1.82) is 0 Å². The van der Waals surface area contributed by atoms with E-state index in [0.717, 1.165) is 23.3 Å². The fourth-order valence-corrected chi connectivity index (χ4v) is 3.35. The van der Waals surface area contributed by atoms with E-state index in [0.29, 0.717) is 12.1 Å². The van der Waals surface area contributed by atoms with Crippen LogP contribution in [0.1, 0.15) is 58.1 Å². The third kappa shape index (κ3) is 3.73. The molecule has 0 bridgehead atoms. The molecule has 1 nitrogen and oxygen atoms in total. The predicted molar refractivity (Wildman–Crippen MR) is 83.6 cm³/mol. The lowest BCUT2D eigenvalue weighted by atomic mass is 9.77. The van der Waals surface area contributed by atoms with Crippen LogP contribution in [-0.4, -0.2) is 6.04 Å². The first-order valence-electron chi connectivity index (χ1n) is 7.63. The minimum atomic E-state index is 0.454. The highest BCUT2D eigenvalue weighted by Crippen LogP contribution is 2.31. The summed E-state index contributed by atoms with van der Waals surface area (Å²) in [7, 11) is 0. The number of halogens is 1. The Morgan fingerprint density at radius 3 is 2.53 bits per heavy atom. The minimum Gasteiger partial charge on any atom is -0.307 e. The molecule has 1 aromatic carbocycles. The molecule has 0 heterocycles. The Hall–Kier alpha value is -0.530. The zero-order chi connectivity index (χ0) is 13.8. The molecule has 2 heteroatoms. The van der Waals surface area contributed by atoms with Crippen LogP contribution in [0, 0.1) is 11.8 Å². The molecule has 4 atom stereocenters. The second-order valence-corrected chi connectivity index (χ2v) is 6.49. The first-order valence-corrected chi connectivity index (χ1v) is 8.01. The molecule has 0 spiro atoms. The Morgan fingerprint density at radius 2 is 1.89 bits per heavy atom. The maximum Gasteiger partial charge on any atom is 0.0406 e. The molecule has 1 fully saturated rings. The number of nitrogens with one attached hydrogen (secondary N) is 1. The third-order valence-electron chi connectivity index (χ3n) is 4.80. The van der Waals surface area contributed by atoms with Crippen LogP contribution in [-0.2, 0) is 0 Å². The highest BCUT2D eigenvalue weighted by molar-refractivity contribution is 6.30. The number of rotatable bonds is 4. The second kappa shape index (κ2) is 6.76. The van der Waals surface area contributed by atoms with Crippen LogP contribution in [0.2, 0.25) is 5.02 Å². The van der Waals surface area contributed by atoms with Gasteiger partial charge in [0.15, 0.2) is 0 Å². The predicted octanol–water partition coefficient (Wildman–Crippen LogP) is 5.21. The Labute approximate surface area is 122 Å². The molecule has 1 saturated carbocycles. The van der Waals surface area contributed by atoms with Crippen molar-refractivity contribution < 1.29 is 0 Å². The molecule has 0 saturated heterocycles. The number of hydrogen-bond donors (Lipinski definition) is 1. The van der Waals surface area contributed by atoms with E-state index in [1.165, 1.54) is 24.8 Å². The molecule has 0 radical (unpaired) electrons. The van der Waals surface area contributed by atoms with E-state index in [1.807, 2.05) is 12.1 Å². The molecule has 0 aromatic heterocycles. The first kappa shape index (κ1) is 14.9. The summed E-state index contributed by atoms with van der Waals surface area (Å²) >= 11 is 5.97. The van der Waals surface area contributed by atoms with Crippen molar-refractivity contribution in [3.8, 4) is 0 Å². The molecular formula is C17H26ClN. The molecule has 19 heavy (non-hydrogen) atoms. The zero-order valence-electron chi connectivity index (χ0n) is 12.3. The van der Waals surface area contributed by atoms with Gasteiger partial charge in [-0.15, -0.1) is 0 Å². The monoisotopic (exact) mass is 279 g/mol. The van der Waals surface area contributed by atoms with E-state index in [9.17, 15) is 0 Å². The van der Waals surface area contributed by atoms with Crippen molar-refractivity contribution in [3.05, 3.63) is 34.9 Å². The molecule has 0 aliphatic heterocycles. The van der Waals surface area contributed by atoms with Crippen molar-refractivity contribution in [3.63, 3.8) is 0 Å². The standard InChI is InChI=1S/C17H26ClN/c1-4-16(14-8-10-15(18)11-9-14)19-17-7-5-6-12(2)13(17)3/h8-13,16-17,19H,4-7H2,1-3H3. The lowest BCUT2D eigenvalue weighted by Crippen LogP contribution is -2.42. The largest absolute Gasteiger partial charge is 0.307 e. The van der Waals surface area contributed by atoms with Gasteiger partial charge in [0, 0.05) is 17.1 Å². The maximum atomic E-state index is 5.97. The van der Waals surface area contributed by atoms with E-state index < -0.39 is 0 Å². The van der Waals surface area contributed by atoms with Gasteiger partial charge in [0.1, 0.15) is 0 Å². The SMILES string of the molecule is CCC(NC1CCCC(C)C1C)c1ccc(Cl)cc1. The molecule has 1 aromatic rings. The van der Waals surface area contributed by atoms with Gasteiger partial charge in [-0.3, -0.25) is 0 Å². The third-order valence-corrected chi connectivity index (χ3v) is 5.05. The topological polar surface area (TPSA) is 12.0 Å². The maximum absolute atomic E-state index is 5.97. The van der Waals surface area contributed by atoms with E-state index >= 15 is 0 Å². The van der Waals surface area contributed by atoms with Gasteiger partial charge in [-0.2, -0.15) is 0 Å². The summed E-state index contributed by atoms with van der Waals surface area (Å²) in [6, 6.07) is 9.41. The Bertz CT molecular complexity index is 387. The van der Waals surface area contributed by atoms with Gasteiger partial charge in [0.25, 0.3) is 0 Å². The van der Waals surface area contributed by atoms with Gasteiger partial charge in [0.05, 0.1) is 0 Å². The quantitative estimate of drug-likeness (QED) is 0.798. The lowest BCUT2D eigenvalue weighted by Gasteiger charge is -2.37. The van der Waals surface area contributed by atoms with E-state index in [-0.39, 0.29) is 0 Å². The van der Waals surface area contributed by atoms with Gasteiger partial charge >= 0.3 is 0 Å². The van der Waals surface area contributed by atoms with E-state index in [2.05, 4.69) is 38.2 Å². The highest BCUT2D eigenvalue weighted by atomic mass is 35.5. The number of benzene rings is 1. The Morgan fingerprint density at radius 1 is 1.21 bits per heavy atom. The molecular weight excluding hydrogens is 254 g/mol. The fraction of sp³-hybridized carbons (Fsp3) is 0.647. The summed E-state index contributed by atoms with van der Waals surface area (Å²) in [5, 5.41) is 4.70. The van der Waals surface area contributed by atoms with Gasteiger partial charge in [-0.1, -0.05) is 57.3 Å². The van der Waals surface area contributed by atoms with Crippen LogP contribution in [0.25, 0.3) is 0 Å². The molecule has 1 N–H and O–H groups in total. The van der Waals surface area contributed by atoms with E-state index in [1.54, 1.807) is 0 Å². The molecule has 1 aliphatic rings. The average molecular weight is 280 g/mol. The summed E-state index contributed by atoms with van der Waals surface area (Å²) in [5.41, 5.74) is 1.36. The Balaban J connectivity index is 2.04. The fourth-order valence-electron chi connectivity index (χ4n) is 3.22. The molecule has 106 valence electrons. The second-order valence-electron chi connectivity index (χ2n) is 6.05. The minimum absolute atomic E-state index is 0.454. The summed E-state index contributed by atoms with van der Waals surface area (Å²) in [6.45, 7) is 7.04. The Kier molecular flexibility index (Phi) is 5.29. The van der Waals surface area contributed by atoms with Crippen LogP contribution in [0.15, 0.2) is 24.3 Å². The van der Waals surface area contributed by atoms with Gasteiger partial charge in [0.2, 0.25) is 0 Å². The summed E-state index contributed by atoms with van der Waals surface area (Å²) < 4.78 is 0. The molecule has 2 rings (SSSR count). The van der Waals surface area contributed by atoms with Crippen LogP contribution in [0.5, 0.6) is 0 Å². The van der Waals surface area contributed by atoms with Gasteiger partial charge in [-0.05, 0) is 42.4 Å².